The van der Waals surface area contributed by atoms with Crippen LogP contribution < -0.4 is 27.0 Å². The number of nitrogens with zero attached hydrogens (tertiary/aromatic N) is 2. The van der Waals surface area contributed by atoms with Crippen molar-refractivity contribution in [2.24, 2.45) is 5.73 Å². The quantitative estimate of drug-likeness (QED) is 0.0612. The highest BCUT2D eigenvalue weighted by Gasteiger charge is 2.22. The lowest BCUT2D eigenvalue weighted by Gasteiger charge is -2.20. The molecule has 2 aromatic heterocycles. The molecule has 1 saturated heterocycles. The molecule has 1 fully saturated rings. The van der Waals surface area contributed by atoms with Crippen LogP contribution in [-0.2, 0) is 25.9 Å². The molecular formula is C40H55N7O4S4. The fourth-order valence-electron chi connectivity index (χ4n) is 6.02. The van der Waals surface area contributed by atoms with Gasteiger partial charge in [0.25, 0.3) is 5.91 Å². The van der Waals surface area contributed by atoms with Crippen molar-refractivity contribution in [1.29, 1.82) is 0 Å². The largest absolute Gasteiger partial charge is 0.368 e. The molecule has 2 unspecified atom stereocenters. The van der Waals surface area contributed by atoms with E-state index in [-0.39, 0.29) is 24.1 Å². The van der Waals surface area contributed by atoms with Gasteiger partial charge in [-0.2, -0.15) is 0 Å². The van der Waals surface area contributed by atoms with E-state index in [1.165, 1.54) is 25.7 Å². The van der Waals surface area contributed by atoms with Crippen molar-refractivity contribution >= 4 is 66.8 Å². The number of rotatable bonds is 19. The Morgan fingerprint density at radius 2 is 1.40 bits per heavy atom. The number of primary amides is 1. The van der Waals surface area contributed by atoms with Crippen molar-refractivity contribution in [2.75, 3.05) is 19.6 Å². The number of benzene rings is 1. The predicted octanol–water partition coefficient (Wildman–Crippen LogP) is 7.22. The zero-order valence-corrected chi connectivity index (χ0v) is 34.7. The van der Waals surface area contributed by atoms with Crippen LogP contribution in [0.3, 0.4) is 0 Å². The average Bonchev–Trinajstić information content (AvgIpc) is 3.19. The average molecular weight is 826 g/mol. The third-order valence-electron chi connectivity index (χ3n) is 8.98. The first-order valence-corrected chi connectivity index (χ1v) is 23.9. The number of hydrogen-bond acceptors (Lipinski definition) is 11. The van der Waals surface area contributed by atoms with Crippen LogP contribution in [0.25, 0.3) is 0 Å². The van der Waals surface area contributed by atoms with Gasteiger partial charge in [0.15, 0.2) is 0 Å². The van der Waals surface area contributed by atoms with Crippen LogP contribution in [0, 0.1) is 0 Å². The van der Waals surface area contributed by atoms with Gasteiger partial charge in [0.2, 0.25) is 17.7 Å². The van der Waals surface area contributed by atoms with Gasteiger partial charge in [-0.25, -0.2) is 9.97 Å². The van der Waals surface area contributed by atoms with Gasteiger partial charge in [0.05, 0.1) is 6.04 Å². The van der Waals surface area contributed by atoms with Crippen molar-refractivity contribution in [3.8, 4) is 0 Å². The summed E-state index contributed by atoms with van der Waals surface area (Å²) in [6.45, 7) is 1.77. The Bertz CT molecular complexity index is 1540. The Labute approximate surface area is 341 Å². The Balaban J connectivity index is 1.22. The van der Waals surface area contributed by atoms with Gasteiger partial charge in [-0.15, -0.1) is 0 Å². The molecule has 4 amide bonds. The highest BCUT2D eigenvalue weighted by molar-refractivity contribution is 8.76. The molecule has 1 aliphatic heterocycles. The number of pyridine rings is 2. The monoisotopic (exact) mass is 825 g/mol. The normalized spacial score (nSPS) is 16.3. The Morgan fingerprint density at radius 3 is 1.98 bits per heavy atom. The smallest absolute Gasteiger partial charge is 0.251 e. The molecule has 0 bridgehead atoms. The molecule has 15 heteroatoms. The van der Waals surface area contributed by atoms with E-state index in [1.807, 2.05) is 48.5 Å². The summed E-state index contributed by atoms with van der Waals surface area (Å²) < 4.78 is 0. The first-order valence-electron chi connectivity index (χ1n) is 19.3. The van der Waals surface area contributed by atoms with E-state index < -0.39 is 18.0 Å². The van der Waals surface area contributed by atoms with Crippen LogP contribution in [0.4, 0.5) is 0 Å². The molecule has 4 rings (SSSR count). The van der Waals surface area contributed by atoms with Crippen LogP contribution in [-0.4, -0.2) is 65.3 Å². The van der Waals surface area contributed by atoms with Gasteiger partial charge in [-0.05, 0) is 114 Å². The summed E-state index contributed by atoms with van der Waals surface area (Å²) >= 11 is 0. The molecule has 0 radical (unpaired) electrons. The Morgan fingerprint density at radius 1 is 0.800 bits per heavy atom. The number of aromatic nitrogens is 2. The van der Waals surface area contributed by atoms with Crippen molar-refractivity contribution in [2.45, 2.75) is 117 Å². The van der Waals surface area contributed by atoms with E-state index in [4.69, 9.17) is 5.73 Å². The molecule has 2 atom stereocenters. The molecule has 298 valence electrons. The third-order valence-corrected chi connectivity index (χ3v) is 13.4. The minimum Gasteiger partial charge on any atom is -0.368 e. The van der Waals surface area contributed by atoms with Crippen molar-refractivity contribution in [1.82, 2.24) is 31.2 Å². The summed E-state index contributed by atoms with van der Waals surface area (Å²) in [5, 5.41) is 14.0. The van der Waals surface area contributed by atoms with Gasteiger partial charge in [0.1, 0.15) is 16.1 Å². The van der Waals surface area contributed by atoms with Gasteiger partial charge in [-0.3, -0.25) is 19.2 Å². The van der Waals surface area contributed by atoms with Crippen molar-refractivity contribution < 1.29 is 19.2 Å². The number of hydrogen-bond donors (Lipinski definition) is 5. The van der Waals surface area contributed by atoms with Gasteiger partial charge >= 0.3 is 0 Å². The molecule has 0 aliphatic carbocycles. The second-order valence-electron chi connectivity index (χ2n) is 13.5. The molecule has 0 spiro atoms. The van der Waals surface area contributed by atoms with E-state index in [2.05, 4.69) is 37.3 Å². The lowest BCUT2D eigenvalue weighted by atomic mass is 10.1. The van der Waals surface area contributed by atoms with E-state index >= 15 is 0 Å². The second-order valence-corrected chi connectivity index (χ2v) is 18.1. The minimum absolute atomic E-state index is 0.0849. The lowest BCUT2D eigenvalue weighted by molar-refractivity contribution is -0.128. The summed E-state index contributed by atoms with van der Waals surface area (Å²) in [5.41, 5.74) is 8.35. The predicted molar refractivity (Wildman–Crippen MR) is 227 cm³/mol. The number of amides is 4. The first-order chi connectivity index (χ1) is 26.9. The maximum absolute atomic E-state index is 13.3. The van der Waals surface area contributed by atoms with E-state index in [1.54, 1.807) is 55.6 Å². The van der Waals surface area contributed by atoms with Crippen LogP contribution in [0.15, 0.2) is 77.0 Å². The second kappa shape index (κ2) is 26.6. The highest BCUT2D eigenvalue weighted by Crippen LogP contribution is 2.35. The fourth-order valence-corrected chi connectivity index (χ4v) is 9.95. The molecule has 55 heavy (non-hydrogen) atoms. The van der Waals surface area contributed by atoms with Crippen LogP contribution in [0.1, 0.15) is 105 Å². The number of nitrogens with two attached hydrogens (primary N) is 1. The maximum atomic E-state index is 13.3. The summed E-state index contributed by atoms with van der Waals surface area (Å²) in [6, 6.07) is 16.4. The Hall–Kier alpha value is -3.24. The van der Waals surface area contributed by atoms with Crippen molar-refractivity contribution in [3.05, 3.63) is 83.7 Å². The minimum atomic E-state index is -0.823. The number of unbranched alkanes of at least 4 members (excludes halogenated alkanes) is 1. The molecule has 3 heterocycles. The summed E-state index contributed by atoms with van der Waals surface area (Å²) in [6.07, 6.45) is 14.6. The number of carbonyl (C=O) groups excluding carboxylic acids is 4. The lowest BCUT2D eigenvalue weighted by Crippen LogP contribution is -2.47. The van der Waals surface area contributed by atoms with Gasteiger partial charge in [-0.1, -0.05) is 78.3 Å². The SMILES string of the molecule is NC(=O)C(CCCCNC(=O)c1cc(CSSc2ccccn2)cc(CSSc2ccccn2)c1)NC(=O)CCC1NCCCCCCCCCCNC1=O. The molecular weight excluding hydrogens is 771 g/mol. The van der Waals surface area contributed by atoms with Crippen molar-refractivity contribution in [3.63, 3.8) is 0 Å². The summed E-state index contributed by atoms with van der Waals surface area (Å²) in [4.78, 5) is 60.1. The topological polar surface area (TPSA) is 168 Å². The highest BCUT2D eigenvalue weighted by atomic mass is 33.1. The molecule has 0 saturated carbocycles. The fraction of sp³-hybridized carbons (Fsp3) is 0.500. The summed E-state index contributed by atoms with van der Waals surface area (Å²) in [5.74, 6) is 0.251. The molecule has 3 aromatic rings. The number of carbonyl (C=O) groups is 4. The van der Waals surface area contributed by atoms with Crippen LogP contribution in [0.5, 0.6) is 0 Å². The standard InChI is InChI=1S/C40H55N7O4S4/c41-38(49)33(47-35(48)19-18-34-40(51)46-23-11-6-4-2-1-3-5-10-20-42-34)15-7-12-24-45-39(50)32-26-30(28-52-54-36-16-8-13-21-43-36)25-31(27-32)29-53-55-37-17-9-14-22-44-37/h8-9,13-14,16-17,21-22,25-27,33-34,42H,1-7,10-12,15,18-20,23-24,28-29H2,(H2,41,49)(H,45,50)(H,46,51)(H,47,48). The van der Waals surface area contributed by atoms with E-state index in [9.17, 15) is 19.2 Å². The third kappa shape index (κ3) is 18.5. The Kier molecular flexibility index (Phi) is 21.5. The van der Waals surface area contributed by atoms with Crippen LogP contribution in [0.2, 0.25) is 0 Å². The zero-order valence-electron chi connectivity index (χ0n) is 31.5. The van der Waals surface area contributed by atoms with Gasteiger partial charge in [0, 0.05) is 49.0 Å². The molecule has 11 nitrogen and oxygen atoms in total. The summed E-state index contributed by atoms with van der Waals surface area (Å²) in [7, 11) is 6.54. The van der Waals surface area contributed by atoms with Crippen LogP contribution >= 0.6 is 43.2 Å². The van der Waals surface area contributed by atoms with Gasteiger partial charge < -0.3 is 27.0 Å². The van der Waals surface area contributed by atoms with E-state index in [0.717, 1.165) is 53.4 Å². The van der Waals surface area contributed by atoms with E-state index in [0.29, 0.717) is 55.8 Å². The molecule has 6 N–H and O–H groups in total. The zero-order chi connectivity index (χ0) is 38.9. The maximum Gasteiger partial charge on any atom is 0.251 e. The number of nitrogens with one attached hydrogen (secondary N) is 4. The molecule has 1 aliphatic rings. The molecule has 1 aromatic carbocycles. The first kappa shape index (κ1) is 44.5.